The fourth-order valence-corrected chi connectivity index (χ4v) is 2.89. The lowest BCUT2D eigenvalue weighted by Gasteiger charge is -2.04. The van der Waals surface area contributed by atoms with Gasteiger partial charge in [0.25, 0.3) is 0 Å². The lowest BCUT2D eigenvalue weighted by atomic mass is 10.4. The van der Waals surface area contributed by atoms with Crippen LogP contribution in [0.15, 0.2) is 52.3 Å². The first-order chi connectivity index (χ1) is 7.65. The van der Waals surface area contributed by atoms with Crippen molar-refractivity contribution < 1.29 is 0 Å². The summed E-state index contributed by atoms with van der Waals surface area (Å²) in [5.41, 5.74) is 0. The van der Waals surface area contributed by atoms with Crippen LogP contribution in [-0.2, 0) is 0 Å². The maximum absolute atomic E-state index is 6.10. The van der Waals surface area contributed by atoms with Crippen LogP contribution >= 0.6 is 57.6 Å². The lowest BCUT2D eigenvalue weighted by molar-refractivity contribution is 1.40. The van der Waals surface area contributed by atoms with Crippen LogP contribution in [0.3, 0.4) is 0 Å². The van der Waals surface area contributed by atoms with E-state index in [1.54, 1.807) is 17.8 Å². The average molecular weight is 381 g/mol. The number of hydrogen-bond donors (Lipinski definition) is 0. The molecule has 0 aromatic heterocycles. The fourth-order valence-electron chi connectivity index (χ4n) is 1.19. The highest BCUT2D eigenvalue weighted by molar-refractivity contribution is 14.1. The molecular weight excluding hydrogens is 374 g/mol. The maximum atomic E-state index is 6.10. The molecule has 0 amide bonds. The summed E-state index contributed by atoms with van der Waals surface area (Å²) >= 11 is 15.9. The van der Waals surface area contributed by atoms with Gasteiger partial charge in [-0.3, -0.25) is 0 Å². The zero-order valence-electron chi connectivity index (χ0n) is 8.08. The Morgan fingerprint density at radius 3 is 2.25 bits per heavy atom. The molecule has 2 aromatic rings. The first-order valence-corrected chi connectivity index (χ1v) is 7.19. The second-order valence-corrected chi connectivity index (χ2v) is 6.34. The third kappa shape index (κ3) is 3.29. The van der Waals surface area contributed by atoms with E-state index in [1.807, 2.05) is 12.1 Å². The van der Waals surface area contributed by atoms with Crippen molar-refractivity contribution >= 4 is 57.6 Å². The van der Waals surface area contributed by atoms with Gasteiger partial charge in [-0.1, -0.05) is 35.0 Å². The van der Waals surface area contributed by atoms with Gasteiger partial charge in [0.1, 0.15) is 0 Å². The number of hydrogen-bond acceptors (Lipinski definition) is 1. The maximum Gasteiger partial charge on any atom is 0.0560 e. The van der Waals surface area contributed by atoms with E-state index in [9.17, 15) is 0 Å². The molecule has 0 aliphatic heterocycles. The SMILES string of the molecule is Clc1ccc(Sc2ccc(I)cc2)c(Cl)c1. The van der Waals surface area contributed by atoms with E-state index in [0.29, 0.717) is 10.0 Å². The van der Waals surface area contributed by atoms with Gasteiger partial charge in [0, 0.05) is 18.4 Å². The number of rotatable bonds is 2. The Morgan fingerprint density at radius 1 is 0.938 bits per heavy atom. The number of halogens is 3. The molecular formula is C12H7Cl2IS. The zero-order valence-corrected chi connectivity index (χ0v) is 12.6. The van der Waals surface area contributed by atoms with Crippen molar-refractivity contribution in [2.24, 2.45) is 0 Å². The first kappa shape index (κ1) is 12.6. The molecule has 0 radical (unpaired) electrons. The van der Waals surface area contributed by atoms with Crippen molar-refractivity contribution in [3.63, 3.8) is 0 Å². The molecule has 0 aliphatic rings. The molecule has 0 N–H and O–H groups in total. The van der Waals surface area contributed by atoms with Crippen LogP contribution in [0.1, 0.15) is 0 Å². The first-order valence-electron chi connectivity index (χ1n) is 4.53. The predicted molar refractivity (Wildman–Crippen MR) is 79.7 cm³/mol. The summed E-state index contributed by atoms with van der Waals surface area (Å²) in [6.07, 6.45) is 0. The molecule has 0 fully saturated rings. The van der Waals surface area contributed by atoms with Gasteiger partial charge in [0.2, 0.25) is 0 Å². The van der Waals surface area contributed by atoms with Gasteiger partial charge < -0.3 is 0 Å². The second kappa shape index (κ2) is 5.63. The molecule has 16 heavy (non-hydrogen) atoms. The van der Waals surface area contributed by atoms with Gasteiger partial charge in [-0.05, 0) is 65.1 Å². The Morgan fingerprint density at radius 2 is 1.62 bits per heavy atom. The van der Waals surface area contributed by atoms with E-state index >= 15 is 0 Å². The Balaban J connectivity index is 2.23. The van der Waals surface area contributed by atoms with Crippen molar-refractivity contribution in [2.45, 2.75) is 9.79 Å². The van der Waals surface area contributed by atoms with Gasteiger partial charge in [0.15, 0.2) is 0 Å². The van der Waals surface area contributed by atoms with E-state index in [1.165, 1.54) is 8.47 Å². The minimum atomic E-state index is 0.664. The monoisotopic (exact) mass is 380 g/mol. The molecule has 0 unspecified atom stereocenters. The van der Waals surface area contributed by atoms with Crippen LogP contribution in [0, 0.1) is 3.57 Å². The van der Waals surface area contributed by atoms with Crippen LogP contribution in [0.2, 0.25) is 10.0 Å². The van der Waals surface area contributed by atoms with Crippen LogP contribution in [-0.4, -0.2) is 0 Å². The molecule has 82 valence electrons. The lowest BCUT2D eigenvalue weighted by Crippen LogP contribution is -1.77. The molecule has 4 heteroatoms. The van der Waals surface area contributed by atoms with Crippen molar-refractivity contribution in [3.8, 4) is 0 Å². The highest BCUT2D eigenvalue weighted by Crippen LogP contribution is 2.34. The standard InChI is InChI=1S/C12H7Cl2IS/c13-8-1-6-12(11(14)7-8)16-10-4-2-9(15)3-5-10/h1-7H. The largest absolute Gasteiger partial charge is 0.0885 e. The molecule has 2 rings (SSSR count). The summed E-state index contributed by atoms with van der Waals surface area (Å²) in [5, 5.41) is 1.35. The van der Waals surface area contributed by atoms with Gasteiger partial charge in [0.05, 0.1) is 5.02 Å². The summed E-state index contributed by atoms with van der Waals surface area (Å²) < 4.78 is 1.23. The third-order valence-corrected chi connectivity index (χ3v) is 4.40. The van der Waals surface area contributed by atoms with E-state index in [4.69, 9.17) is 23.2 Å². The van der Waals surface area contributed by atoms with E-state index in [0.717, 1.165) is 4.90 Å². The second-order valence-electron chi connectivity index (χ2n) is 3.13. The summed E-state index contributed by atoms with van der Waals surface area (Å²) in [7, 11) is 0. The van der Waals surface area contributed by atoms with E-state index in [-0.39, 0.29) is 0 Å². The van der Waals surface area contributed by atoms with Crippen molar-refractivity contribution in [1.29, 1.82) is 0 Å². The molecule has 0 atom stereocenters. The fraction of sp³-hybridized carbons (Fsp3) is 0. The van der Waals surface area contributed by atoms with Crippen LogP contribution < -0.4 is 0 Å². The Labute approximate surface area is 122 Å². The predicted octanol–water partition coefficient (Wildman–Crippen LogP) is 5.75. The number of benzene rings is 2. The van der Waals surface area contributed by atoms with E-state index in [2.05, 4.69) is 46.9 Å². The summed E-state index contributed by atoms with van der Waals surface area (Å²) in [6.45, 7) is 0. The third-order valence-electron chi connectivity index (χ3n) is 1.94. The normalized spacial score (nSPS) is 10.4. The smallest absolute Gasteiger partial charge is 0.0560 e. The minimum absolute atomic E-state index is 0.664. The Kier molecular flexibility index (Phi) is 4.41. The van der Waals surface area contributed by atoms with Crippen LogP contribution in [0.5, 0.6) is 0 Å². The average Bonchev–Trinajstić information content (AvgIpc) is 2.25. The van der Waals surface area contributed by atoms with Gasteiger partial charge in [-0.25, -0.2) is 0 Å². The Hall–Kier alpha value is 0.1000. The molecule has 0 spiro atoms. The molecule has 0 aliphatic carbocycles. The molecule has 0 saturated carbocycles. The summed E-state index contributed by atoms with van der Waals surface area (Å²) in [6, 6.07) is 13.9. The van der Waals surface area contributed by atoms with Crippen molar-refractivity contribution in [1.82, 2.24) is 0 Å². The van der Waals surface area contributed by atoms with Crippen LogP contribution in [0.4, 0.5) is 0 Å². The van der Waals surface area contributed by atoms with Gasteiger partial charge in [-0.15, -0.1) is 0 Å². The molecule has 0 nitrogen and oxygen atoms in total. The topological polar surface area (TPSA) is 0 Å². The highest BCUT2D eigenvalue weighted by Gasteiger charge is 2.03. The Bertz CT molecular complexity index is 497. The highest BCUT2D eigenvalue weighted by atomic mass is 127. The quantitative estimate of drug-likeness (QED) is 0.597. The minimum Gasteiger partial charge on any atom is -0.0885 e. The van der Waals surface area contributed by atoms with Gasteiger partial charge >= 0.3 is 0 Å². The zero-order chi connectivity index (χ0) is 11.5. The summed E-state index contributed by atoms with van der Waals surface area (Å²) in [4.78, 5) is 2.19. The summed E-state index contributed by atoms with van der Waals surface area (Å²) in [5.74, 6) is 0. The van der Waals surface area contributed by atoms with E-state index < -0.39 is 0 Å². The molecule has 2 aromatic carbocycles. The van der Waals surface area contributed by atoms with Crippen molar-refractivity contribution in [2.75, 3.05) is 0 Å². The van der Waals surface area contributed by atoms with Gasteiger partial charge in [-0.2, -0.15) is 0 Å². The van der Waals surface area contributed by atoms with Crippen molar-refractivity contribution in [3.05, 3.63) is 56.1 Å². The van der Waals surface area contributed by atoms with Crippen LogP contribution in [0.25, 0.3) is 0 Å². The molecule has 0 saturated heterocycles. The molecule has 0 heterocycles. The molecule has 0 bridgehead atoms.